The summed E-state index contributed by atoms with van der Waals surface area (Å²) < 4.78 is 1.94. The van der Waals surface area contributed by atoms with Crippen LogP contribution in [0.15, 0.2) is 42.9 Å². The van der Waals surface area contributed by atoms with E-state index in [1.54, 1.807) is 0 Å². The molecule has 0 radical (unpaired) electrons. The molecule has 25 heavy (non-hydrogen) atoms. The molecule has 1 atom stereocenters. The molecule has 2 aliphatic rings. The van der Waals surface area contributed by atoms with Crippen LogP contribution in [0.4, 0.5) is 0 Å². The quantitative estimate of drug-likeness (QED) is 0.734. The first-order valence-electron chi connectivity index (χ1n) is 9.34. The fraction of sp³-hybridized carbons (Fsp3) is 0.450. The molecular weight excluding hydrogens is 310 g/mol. The molecule has 5 nitrogen and oxygen atoms in total. The van der Waals surface area contributed by atoms with Crippen molar-refractivity contribution in [2.45, 2.75) is 31.6 Å². The Balaban J connectivity index is 1.40. The number of pyridine rings is 2. The highest BCUT2D eigenvalue weighted by atomic mass is 15.3. The molecule has 0 spiro atoms. The molecule has 1 aliphatic carbocycles. The molecule has 1 saturated carbocycles. The molecule has 5 heteroatoms. The minimum atomic E-state index is 0.469. The van der Waals surface area contributed by atoms with Crippen molar-refractivity contribution in [3.05, 3.63) is 48.7 Å². The first-order valence-corrected chi connectivity index (χ1v) is 9.34. The summed E-state index contributed by atoms with van der Waals surface area (Å²) >= 11 is 0. The number of rotatable bonds is 4. The number of likely N-dealkylation sites (tertiary alicyclic amines) is 1. The highest BCUT2D eigenvalue weighted by Gasteiger charge is 2.29. The largest absolute Gasteiger partial charge is 0.302 e. The van der Waals surface area contributed by atoms with Crippen molar-refractivity contribution < 1.29 is 0 Å². The standard InChI is InChI=1S/C20H23N5/c1-2-18(13-24(11-1)12-15-3-4-15)20-22-19-6-5-17(14-25(19)23-20)16-7-9-21-10-8-16/h5-10,14-15,18H,1-4,11-13H2. The van der Waals surface area contributed by atoms with Crippen LogP contribution in [0, 0.1) is 5.92 Å². The highest BCUT2D eigenvalue weighted by Crippen LogP contribution is 2.33. The third-order valence-electron chi connectivity index (χ3n) is 5.44. The van der Waals surface area contributed by atoms with Gasteiger partial charge in [0.05, 0.1) is 0 Å². The van der Waals surface area contributed by atoms with Crippen LogP contribution in [0.3, 0.4) is 0 Å². The lowest BCUT2D eigenvalue weighted by Crippen LogP contribution is -2.36. The maximum absolute atomic E-state index is 4.82. The maximum Gasteiger partial charge on any atom is 0.156 e. The van der Waals surface area contributed by atoms with Crippen molar-refractivity contribution in [1.82, 2.24) is 24.5 Å². The number of fused-ring (bicyclic) bond motifs is 1. The summed E-state index contributed by atoms with van der Waals surface area (Å²) in [5, 5.41) is 4.82. The molecule has 3 aromatic rings. The monoisotopic (exact) mass is 333 g/mol. The topological polar surface area (TPSA) is 46.3 Å². The second-order valence-electron chi connectivity index (χ2n) is 7.47. The third-order valence-corrected chi connectivity index (χ3v) is 5.44. The molecule has 5 rings (SSSR count). The summed E-state index contributed by atoms with van der Waals surface area (Å²) in [6.45, 7) is 3.63. The van der Waals surface area contributed by atoms with Crippen LogP contribution in [-0.2, 0) is 0 Å². The summed E-state index contributed by atoms with van der Waals surface area (Å²) in [5.41, 5.74) is 3.24. The van der Waals surface area contributed by atoms with Crippen molar-refractivity contribution in [3.63, 3.8) is 0 Å². The number of nitrogens with zero attached hydrogens (tertiary/aromatic N) is 5. The smallest absolute Gasteiger partial charge is 0.156 e. The van der Waals surface area contributed by atoms with E-state index in [1.807, 2.05) is 29.0 Å². The van der Waals surface area contributed by atoms with E-state index in [4.69, 9.17) is 10.1 Å². The number of hydrogen-bond donors (Lipinski definition) is 0. The Hall–Kier alpha value is -2.27. The van der Waals surface area contributed by atoms with Crippen molar-refractivity contribution in [2.75, 3.05) is 19.6 Å². The highest BCUT2D eigenvalue weighted by molar-refractivity contribution is 5.63. The van der Waals surface area contributed by atoms with Crippen LogP contribution in [0.5, 0.6) is 0 Å². The Labute approximate surface area is 147 Å². The van der Waals surface area contributed by atoms with Gasteiger partial charge < -0.3 is 4.90 Å². The van der Waals surface area contributed by atoms with Crippen LogP contribution < -0.4 is 0 Å². The molecule has 0 aromatic carbocycles. The lowest BCUT2D eigenvalue weighted by molar-refractivity contribution is 0.197. The summed E-state index contributed by atoms with van der Waals surface area (Å²) in [6, 6.07) is 8.23. The van der Waals surface area contributed by atoms with Gasteiger partial charge in [-0.1, -0.05) is 0 Å². The lowest BCUT2D eigenvalue weighted by atomic mass is 9.97. The second-order valence-corrected chi connectivity index (χ2v) is 7.47. The maximum atomic E-state index is 4.82. The fourth-order valence-corrected chi connectivity index (χ4v) is 3.89. The normalized spacial score (nSPS) is 21.7. The molecule has 0 N–H and O–H groups in total. The zero-order valence-electron chi connectivity index (χ0n) is 14.4. The van der Waals surface area contributed by atoms with Gasteiger partial charge in [0.25, 0.3) is 0 Å². The third kappa shape index (κ3) is 3.16. The zero-order valence-corrected chi connectivity index (χ0v) is 14.4. The van der Waals surface area contributed by atoms with E-state index in [-0.39, 0.29) is 0 Å². The van der Waals surface area contributed by atoms with E-state index in [1.165, 1.54) is 38.8 Å². The average Bonchev–Trinajstić information content (AvgIpc) is 3.37. The second kappa shape index (κ2) is 6.23. The van der Waals surface area contributed by atoms with Gasteiger partial charge in [-0.25, -0.2) is 9.50 Å². The van der Waals surface area contributed by atoms with Crippen molar-refractivity contribution in [3.8, 4) is 11.1 Å². The van der Waals surface area contributed by atoms with E-state index >= 15 is 0 Å². The Morgan fingerprint density at radius 2 is 1.88 bits per heavy atom. The van der Waals surface area contributed by atoms with Gasteiger partial charge in [-0.15, -0.1) is 0 Å². The number of hydrogen-bond acceptors (Lipinski definition) is 4. The Kier molecular flexibility index (Phi) is 3.74. The van der Waals surface area contributed by atoms with E-state index in [0.29, 0.717) is 5.92 Å². The van der Waals surface area contributed by atoms with Crippen molar-refractivity contribution >= 4 is 5.65 Å². The van der Waals surface area contributed by atoms with Crippen LogP contribution in [-0.4, -0.2) is 44.1 Å². The van der Waals surface area contributed by atoms with Gasteiger partial charge in [0.2, 0.25) is 0 Å². The van der Waals surface area contributed by atoms with Gasteiger partial charge in [0.15, 0.2) is 11.5 Å². The van der Waals surface area contributed by atoms with E-state index in [9.17, 15) is 0 Å². The van der Waals surface area contributed by atoms with Crippen molar-refractivity contribution in [2.24, 2.45) is 5.92 Å². The first-order chi connectivity index (χ1) is 12.3. The van der Waals surface area contributed by atoms with Gasteiger partial charge in [-0.05, 0) is 68.0 Å². The Morgan fingerprint density at radius 1 is 1.00 bits per heavy atom. The Morgan fingerprint density at radius 3 is 2.72 bits per heavy atom. The van der Waals surface area contributed by atoms with E-state index in [2.05, 4.69) is 28.2 Å². The predicted octanol–water partition coefficient (Wildman–Crippen LogP) is 3.38. The van der Waals surface area contributed by atoms with E-state index in [0.717, 1.165) is 35.1 Å². The van der Waals surface area contributed by atoms with Crippen LogP contribution in [0.1, 0.15) is 37.4 Å². The minimum absolute atomic E-state index is 0.469. The van der Waals surface area contributed by atoms with Crippen LogP contribution in [0.2, 0.25) is 0 Å². The van der Waals surface area contributed by atoms with Gasteiger partial charge >= 0.3 is 0 Å². The fourth-order valence-electron chi connectivity index (χ4n) is 3.89. The van der Waals surface area contributed by atoms with Gasteiger partial charge in [0, 0.05) is 43.2 Å². The molecule has 0 bridgehead atoms. The number of aromatic nitrogens is 4. The van der Waals surface area contributed by atoms with E-state index < -0.39 is 0 Å². The first kappa shape index (κ1) is 15.0. The molecule has 128 valence electrons. The van der Waals surface area contributed by atoms with Crippen LogP contribution >= 0.6 is 0 Å². The summed E-state index contributed by atoms with van der Waals surface area (Å²) in [7, 11) is 0. The summed E-state index contributed by atoms with van der Waals surface area (Å²) in [5.74, 6) is 2.43. The SMILES string of the molecule is c1cc(-c2ccc3nc(C4CCCN(CC5CC5)C4)nn3c2)ccn1. The molecule has 2 fully saturated rings. The van der Waals surface area contributed by atoms with Gasteiger partial charge in [-0.2, -0.15) is 5.10 Å². The summed E-state index contributed by atoms with van der Waals surface area (Å²) in [4.78, 5) is 11.5. The van der Waals surface area contributed by atoms with Gasteiger partial charge in [-0.3, -0.25) is 4.98 Å². The molecule has 1 saturated heterocycles. The molecule has 4 heterocycles. The molecule has 0 amide bonds. The zero-order chi connectivity index (χ0) is 16.6. The molecule has 1 unspecified atom stereocenters. The molecular formula is C20H23N5. The lowest BCUT2D eigenvalue weighted by Gasteiger charge is -2.31. The van der Waals surface area contributed by atoms with Crippen LogP contribution in [0.25, 0.3) is 16.8 Å². The molecule has 1 aliphatic heterocycles. The summed E-state index contributed by atoms with van der Waals surface area (Å²) in [6.07, 6.45) is 11.0. The number of piperidine rings is 1. The average molecular weight is 333 g/mol. The predicted molar refractivity (Wildman–Crippen MR) is 97.4 cm³/mol. The van der Waals surface area contributed by atoms with Crippen molar-refractivity contribution in [1.29, 1.82) is 0 Å². The molecule has 3 aromatic heterocycles. The minimum Gasteiger partial charge on any atom is -0.302 e. The van der Waals surface area contributed by atoms with Gasteiger partial charge in [0.1, 0.15) is 0 Å². The Bertz CT molecular complexity index is 868.